The molecule has 0 radical (unpaired) electrons. The Morgan fingerprint density at radius 3 is 2.73 bits per heavy atom. The Bertz CT molecular complexity index is 963. The van der Waals surface area contributed by atoms with Crippen LogP contribution in [-0.4, -0.2) is 45.6 Å². The molecule has 26 heavy (non-hydrogen) atoms. The molecule has 1 amide bonds. The van der Waals surface area contributed by atoms with Gasteiger partial charge < -0.3 is 20.4 Å². The molecule has 2 fully saturated rings. The van der Waals surface area contributed by atoms with Gasteiger partial charge in [-0.2, -0.15) is 5.10 Å². The highest BCUT2D eigenvalue weighted by atomic mass is 16.5. The second-order valence-corrected chi connectivity index (χ2v) is 7.20. The molecule has 2 saturated heterocycles. The number of amides is 1. The minimum atomic E-state index is -0.418. The van der Waals surface area contributed by atoms with Crippen LogP contribution in [0.25, 0.3) is 16.6 Å². The number of rotatable bonds is 3. The lowest BCUT2D eigenvalue weighted by atomic mass is 9.93. The number of primary amides is 1. The highest BCUT2D eigenvalue weighted by Crippen LogP contribution is 2.29. The van der Waals surface area contributed by atoms with Crippen LogP contribution in [0.4, 0.5) is 0 Å². The van der Waals surface area contributed by atoms with Gasteiger partial charge in [0.2, 0.25) is 0 Å². The molecule has 0 saturated carbocycles. The Balaban J connectivity index is 1.51. The van der Waals surface area contributed by atoms with Crippen LogP contribution in [0.3, 0.4) is 0 Å². The van der Waals surface area contributed by atoms with Gasteiger partial charge in [0.1, 0.15) is 0 Å². The lowest BCUT2D eigenvalue weighted by Crippen LogP contribution is -2.54. The number of benzene rings is 1. The summed E-state index contributed by atoms with van der Waals surface area (Å²) in [6.07, 6.45) is 7.74. The van der Waals surface area contributed by atoms with E-state index in [2.05, 4.69) is 21.3 Å². The topological polar surface area (TPSA) is 87.1 Å². The monoisotopic (exact) mass is 351 g/mol. The van der Waals surface area contributed by atoms with Crippen molar-refractivity contribution in [2.45, 2.75) is 31.0 Å². The molecule has 7 nitrogen and oxygen atoms in total. The van der Waals surface area contributed by atoms with Gasteiger partial charge in [0.15, 0.2) is 0 Å². The normalized spacial score (nSPS) is 25.5. The van der Waals surface area contributed by atoms with Gasteiger partial charge in [-0.15, -0.1) is 0 Å². The van der Waals surface area contributed by atoms with Crippen LogP contribution in [0.15, 0.2) is 42.9 Å². The van der Waals surface area contributed by atoms with Crippen molar-refractivity contribution < 1.29 is 9.53 Å². The molecule has 7 heteroatoms. The summed E-state index contributed by atoms with van der Waals surface area (Å²) < 4.78 is 9.67. The molecule has 4 heterocycles. The van der Waals surface area contributed by atoms with Crippen LogP contribution in [0, 0.1) is 0 Å². The first-order valence-corrected chi connectivity index (χ1v) is 8.97. The first-order valence-electron chi connectivity index (χ1n) is 8.97. The van der Waals surface area contributed by atoms with E-state index < -0.39 is 5.91 Å². The van der Waals surface area contributed by atoms with Crippen molar-refractivity contribution in [2.24, 2.45) is 5.73 Å². The van der Waals surface area contributed by atoms with Crippen molar-refractivity contribution in [1.29, 1.82) is 0 Å². The van der Waals surface area contributed by atoms with Gasteiger partial charge in [0, 0.05) is 29.9 Å². The zero-order chi connectivity index (χ0) is 17.7. The average molecular weight is 351 g/mol. The maximum Gasteiger partial charge on any atom is 0.250 e. The van der Waals surface area contributed by atoms with Crippen molar-refractivity contribution in [3.8, 4) is 5.69 Å². The first kappa shape index (κ1) is 15.6. The zero-order valence-corrected chi connectivity index (χ0v) is 14.3. The van der Waals surface area contributed by atoms with Crippen LogP contribution in [0.5, 0.6) is 0 Å². The number of ether oxygens (including phenoxy) is 1. The van der Waals surface area contributed by atoms with E-state index in [1.807, 2.05) is 35.0 Å². The molecule has 2 aliphatic rings. The Hall–Kier alpha value is -2.64. The van der Waals surface area contributed by atoms with E-state index in [4.69, 9.17) is 10.5 Å². The largest absolute Gasteiger partial charge is 0.378 e. The van der Waals surface area contributed by atoms with Gasteiger partial charge in [-0.3, -0.25) is 9.48 Å². The van der Waals surface area contributed by atoms with Gasteiger partial charge in [-0.05, 0) is 18.9 Å². The third kappa shape index (κ3) is 2.51. The Kier molecular flexibility index (Phi) is 3.58. The quantitative estimate of drug-likeness (QED) is 0.751. The third-order valence-electron chi connectivity index (χ3n) is 5.44. The van der Waals surface area contributed by atoms with Crippen molar-refractivity contribution in [3.63, 3.8) is 0 Å². The summed E-state index contributed by atoms with van der Waals surface area (Å²) in [5.41, 5.74) is 7.98. The number of nitrogens with zero attached hydrogens (tertiary/aromatic N) is 3. The molecule has 1 aromatic carbocycles. The van der Waals surface area contributed by atoms with E-state index >= 15 is 0 Å². The fraction of sp³-hybridized carbons (Fsp3) is 0.368. The number of carbonyl (C=O) groups excluding carboxylic acids is 1. The van der Waals surface area contributed by atoms with Gasteiger partial charge in [0.05, 0.1) is 42.2 Å². The van der Waals surface area contributed by atoms with E-state index in [0.29, 0.717) is 23.7 Å². The molecule has 2 atom stereocenters. The van der Waals surface area contributed by atoms with Crippen molar-refractivity contribution in [1.82, 2.24) is 19.7 Å². The van der Waals surface area contributed by atoms with Gasteiger partial charge in [0.25, 0.3) is 5.91 Å². The van der Waals surface area contributed by atoms with E-state index in [9.17, 15) is 4.79 Å². The van der Waals surface area contributed by atoms with Crippen LogP contribution in [-0.2, 0) is 4.74 Å². The smallest absolute Gasteiger partial charge is 0.250 e. The Labute approximate surface area is 150 Å². The van der Waals surface area contributed by atoms with E-state index in [1.165, 1.54) is 0 Å². The van der Waals surface area contributed by atoms with Crippen LogP contribution in [0.1, 0.15) is 29.2 Å². The van der Waals surface area contributed by atoms with Gasteiger partial charge >= 0.3 is 0 Å². The molecule has 3 aromatic rings. The predicted molar refractivity (Wildman–Crippen MR) is 97.4 cm³/mol. The summed E-state index contributed by atoms with van der Waals surface area (Å²) in [5.74, 6) is -0.418. The molecular formula is C19H21N5O2. The minimum absolute atomic E-state index is 0.362. The summed E-state index contributed by atoms with van der Waals surface area (Å²) >= 11 is 0. The van der Waals surface area contributed by atoms with Crippen molar-refractivity contribution >= 4 is 16.8 Å². The van der Waals surface area contributed by atoms with Crippen molar-refractivity contribution in [3.05, 3.63) is 48.4 Å². The molecule has 134 valence electrons. The maximum atomic E-state index is 11.8. The molecule has 2 unspecified atom stereocenters. The highest BCUT2D eigenvalue weighted by molar-refractivity contribution is 6.06. The average Bonchev–Trinajstić information content (AvgIpc) is 3.26. The summed E-state index contributed by atoms with van der Waals surface area (Å²) in [5, 5.41) is 9.09. The second-order valence-electron chi connectivity index (χ2n) is 7.20. The zero-order valence-electron chi connectivity index (χ0n) is 14.3. The van der Waals surface area contributed by atoms with Crippen LogP contribution in [0.2, 0.25) is 0 Å². The number of morpholine rings is 1. The SMILES string of the molecule is NC(=O)c1cn(-c2cnn(C3CC4COCC(C3)N4)c2)c2ccccc12. The number of hydrogen-bond donors (Lipinski definition) is 2. The van der Waals surface area contributed by atoms with E-state index in [1.54, 1.807) is 6.20 Å². The van der Waals surface area contributed by atoms with Gasteiger partial charge in [-0.25, -0.2) is 0 Å². The summed E-state index contributed by atoms with van der Waals surface area (Å²) in [6.45, 7) is 1.54. The number of piperidine rings is 1. The molecule has 2 aromatic heterocycles. The Morgan fingerprint density at radius 2 is 1.96 bits per heavy atom. The summed E-state index contributed by atoms with van der Waals surface area (Å²) in [6, 6.07) is 8.94. The second kappa shape index (κ2) is 5.96. The molecule has 2 bridgehead atoms. The molecule has 5 rings (SSSR count). The lowest BCUT2D eigenvalue weighted by Gasteiger charge is -2.40. The fourth-order valence-corrected chi connectivity index (χ4v) is 4.27. The number of hydrogen-bond acceptors (Lipinski definition) is 4. The number of carbonyl (C=O) groups is 1. The fourth-order valence-electron chi connectivity index (χ4n) is 4.27. The van der Waals surface area contributed by atoms with Crippen LogP contribution >= 0.6 is 0 Å². The number of para-hydroxylation sites is 1. The standard InChI is InChI=1S/C19H21N5O2/c20-19(25)17-9-23(18-4-2-1-3-16(17)18)15-7-21-24(8-15)14-5-12-10-26-11-13(6-14)22-12/h1-4,7-9,12-14,22H,5-6,10-11H2,(H2,20,25). The number of fused-ring (bicyclic) bond motifs is 3. The van der Waals surface area contributed by atoms with E-state index in [-0.39, 0.29) is 0 Å². The minimum Gasteiger partial charge on any atom is -0.378 e. The maximum absolute atomic E-state index is 11.8. The number of nitrogens with two attached hydrogens (primary N) is 1. The summed E-state index contributed by atoms with van der Waals surface area (Å²) in [7, 11) is 0. The number of aromatic nitrogens is 3. The molecule has 3 N–H and O–H groups in total. The third-order valence-corrected chi connectivity index (χ3v) is 5.44. The lowest BCUT2D eigenvalue weighted by molar-refractivity contribution is 0.00855. The van der Waals surface area contributed by atoms with Gasteiger partial charge in [-0.1, -0.05) is 18.2 Å². The van der Waals surface area contributed by atoms with E-state index in [0.717, 1.165) is 42.6 Å². The first-order chi connectivity index (χ1) is 12.7. The molecule has 2 aliphatic heterocycles. The Morgan fingerprint density at radius 1 is 1.19 bits per heavy atom. The molecule has 0 aliphatic carbocycles. The highest BCUT2D eigenvalue weighted by Gasteiger charge is 2.33. The summed E-state index contributed by atoms with van der Waals surface area (Å²) in [4.78, 5) is 11.8. The predicted octanol–water partition coefficient (Wildman–Crippen LogP) is 1.62. The molecular weight excluding hydrogens is 330 g/mol. The van der Waals surface area contributed by atoms with Crippen LogP contribution < -0.4 is 11.1 Å². The molecule has 0 spiro atoms. The number of nitrogens with one attached hydrogen (secondary N) is 1. The van der Waals surface area contributed by atoms with Crippen molar-refractivity contribution in [2.75, 3.05) is 13.2 Å².